The molecule has 2 heterocycles. The Labute approximate surface area is 114 Å². The van der Waals surface area contributed by atoms with Gasteiger partial charge in [0.05, 0.1) is 13.7 Å². The Morgan fingerprint density at radius 3 is 2.70 bits per heavy atom. The van der Waals surface area contributed by atoms with Crippen molar-refractivity contribution in [2.45, 2.75) is 13.5 Å². The van der Waals surface area contributed by atoms with Crippen LogP contribution in [0.1, 0.15) is 32.7 Å². The Hall–Kier alpha value is -2.64. The monoisotopic (exact) mass is 278 g/mol. The van der Waals surface area contributed by atoms with Gasteiger partial charge in [0.2, 0.25) is 5.89 Å². The summed E-state index contributed by atoms with van der Waals surface area (Å²) >= 11 is 0. The van der Waals surface area contributed by atoms with Crippen molar-refractivity contribution < 1.29 is 18.8 Å². The second-order valence-electron chi connectivity index (χ2n) is 4.07. The smallest absolute Gasteiger partial charge is 0.354 e. The molecule has 0 atom stereocenters. The molecule has 1 amide bonds. The number of nitrogens with one attached hydrogen (secondary N) is 1. The molecule has 0 radical (unpaired) electrons. The highest BCUT2D eigenvalue weighted by Crippen LogP contribution is 2.08. The zero-order valence-electron chi connectivity index (χ0n) is 11.3. The SMILES string of the molecule is COC(=O)c1ccc(C(=O)NCc2nc(C)no2)n1C. The number of methoxy groups -OCH3 is 1. The second kappa shape index (κ2) is 5.55. The molecule has 0 aliphatic rings. The van der Waals surface area contributed by atoms with Gasteiger partial charge in [-0.1, -0.05) is 5.16 Å². The minimum Gasteiger partial charge on any atom is -0.464 e. The summed E-state index contributed by atoms with van der Waals surface area (Å²) in [5.74, 6) is -0.0306. The third-order valence-electron chi connectivity index (χ3n) is 2.72. The number of carbonyl (C=O) groups is 2. The van der Waals surface area contributed by atoms with Crippen LogP contribution in [0.25, 0.3) is 0 Å². The molecule has 0 fully saturated rings. The van der Waals surface area contributed by atoms with Gasteiger partial charge in [0.25, 0.3) is 5.91 Å². The van der Waals surface area contributed by atoms with E-state index in [0.717, 1.165) is 0 Å². The van der Waals surface area contributed by atoms with Gasteiger partial charge in [0.1, 0.15) is 11.4 Å². The molecule has 20 heavy (non-hydrogen) atoms. The van der Waals surface area contributed by atoms with Crippen LogP contribution in [0.5, 0.6) is 0 Å². The van der Waals surface area contributed by atoms with Crippen LogP contribution >= 0.6 is 0 Å². The Kier molecular flexibility index (Phi) is 3.83. The van der Waals surface area contributed by atoms with E-state index in [1.54, 1.807) is 20.0 Å². The Morgan fingerprint density at radius 2 is 2.10 bits per heavy atom. The number of aromatic nitrogens is 3. The van der Waals surface area contributed by atoms with Crippen LogP contribution in [0.3, 0.4) is 0 Å². The molecule has 0 aromatic carbocycles. The largest absolute Gasteiger partial charge is 0.464 e. The fourth-order valence-electron chi connectivity index (χ4n) is 1.71. The maximum absolute atomic E-state index is 12.0. The van der Waals surface area contributed by atoms with Crippen LogP contribution in [-0.4, -0.2) is 33.7 Å². The molecular weight excluding hydrogens is 264 g/mol. The zero-order valence-corrected chi connectivity index (χ0v) is 11.3. The van der Waals surface area contributed by atoms with Crippen molar-refractivity contribution >= 4 is 11.9 Å². The Morgan fingerprint density at radius 1 is 1.40 bits per heavy atom. The topological polar surface area (TPSA) is 99.2 Å². The maximum Gasteiger partial charge on any atom is 0.354 e. The van der Waals surface area contributed by atoms with Crippen LogP contribution in [-0.2, 0) is 18.3 Å². The van der Waals surface area contributed by atoms with Crippen LogP contribution in [0.15, 0.2) is 16.7 Å². The molecule has 0 spiro atoms. The van der Waals surface area contributed by atoms with Gasteiger partial charge in [-0.3, -0.25) is 4.79 Å². The zero-order chi connectivity index (χ0) is 14.7. The molecule has 2 rings (SSSR count). The number of hydrogen-bond acceptors (Lipinski definition) is 6. The van der Waals surface area contributed by atoms with Crippen molar-refractivity contribution in [3.63, 3.8) is 0 Å². The van der Waals surface area contributed by atoms with E-state index in [2.05, 4.69) is 20.2 Å². The van der Waals surface area contributed by atoms with E-state index in [-0.39, 0.29) is 12.5 Å². The van der Waals surface area contributed by atoms with E-state index in [1.807, 2.05) is 0 Å². The van der Waals surface area contributed by atoms with Gasteiger partial charge in [0.15, 0.2) is 5.82 Å². The lowest BCUT2D eigenvalue weighted by Crippen LogP contribution is -2.25. The van der Waals surface area contributed by atoms with Crippen LogP contribution < -0.4 is 5.32 Å². The summed E-state index contributed by atoms with van der Waals surface area (Å²) in [7, 11) is 2.89. The van der Waals surface area contributed by atoms with Crippen molar-refractivity contribution in [3.05, 3.63) is 35.2 Å². The molecule has 8 heteroatoms. The van der Waals surface area contributed by atoms with Gasteiger partial charge in [0, 0.05) is 7.05 Å². The predicted octanol–water partition coefficient (Wildman–Crippen LogP) is 0.433. The normalized spacial score (nSPS) is 10.3. The number of nitrogens with zero attached hydrogens (tertiary/aromatic N) is 3. The van der Waals surface area contributed by atoms with Crippen molar-refractivity contribution in [1.82, 2.24) is 20.0 Å². The molecular formula is C12H14N4O4. The fraction of sp³-hybridized carbons (Fsp3) is 0.333. The summed E-state index contributed by atoms with van der Waals surface area (Å²) in [4.78, 5) is 27.4. The molecule has 8 nitrogen and oxygen atoms in total. The Balaban J connectivity index is 2.06. The number of esters is 1. The molecule has 2 aromatic heterocycles. The van der Waals surface area contributed by atoms with Crippen LogP contribution in [0.2, 0.25) is 0 Å². The highest BCUT2D eigenvalue weighted by Gasteiger charge is 2.17. The lowest BCUT2D eigenvalue weighted by molar-refractivity contribution is 0.0589. The molecule has 0 aliphatic carbocycles. The number of ether oxygens (including phenoxy) is 1. The molecule has 0 aliphatic heterocycles. The summed E-state index contributed by atoms with van der Waals surface area (Å²) in [5.41, 5.74) is 0.632. The minimum atomic E-state index is -0.501. The van der Waals surface area contributed by atoms with E-state index < -0.39 is 5.97 Å². The third kappa shape index (κ3) is 2.68. The number of carbonyl (C=O) groups excluding carboxylic acids is 2. The average molecular weight is 278 g/mol. The summed E-state index contributed by atoms with van der Waals surface area (Å²) < 4.78 is 11.0. The lowest BCUT2D eigenvalue weighted by Gasteiger charge is -2.06. The third-order valence-corrected chi connectivity index (χ3v) is 2.72. The van der Waals surface area contributed by atoms with Gasteiger partial charge < -0.3 is 19.1 Å². The quantitative estimate of drug-likeness (QED) is 0.814. The highest BCUT2D eigenvalue weighted by atomic mass is 16.5. The number of aryl methyl sites for hydroxylation is 1. The molecule has 2 aromatic rings. The summed E-state index contributed by atoms with van der Waals surface area (Å²) in [6.45, 7) is 1.81. The van der Waals surface area contributed by atoms with E-state index in [9.17, 15) is 9.59 Å². The summed E-state index contributed by atoms with van der Waals surface area (Å²) in [5, 5.41) is 6.25. The van der Waals surface area contributed by atoms with Crippen LogP contribution in [0, 0.1) is 6.92 Å². The predicted molar refractivity (Wildman–Crippen MR) is 67.0 cm³/mol. The second-order valence-corrected chi connectivity index (χ2v) is 4.07. The molecule has 0 unspecified atom stereocenters. The fourth-order valence-corrected chi connectivity index (χ4v) is 1.71. The number of amides is 1. The minimum absolute atomic E-state index is 0.123. The standard InChI is InChI=1S/C12H14N4O4/c1-7-14-10(20-15-7)6-13-11(17)8-4-5-9(16(8)2)12(18)19-3/h4-5H,6H2,1-3H3,(H,13,17). The number of rotatable bonds is 4. The highest BCUT2D eigenvalue weighted by molar-refractivity contribution is 5.96. The van der Waals surface area contributed by atoms with Crippen molar-refractivity contribution in [1.29, 1.82) is 0 Å². The van der Waals surface area contributed by atoms with Gasteiger partial charge in [-0.05, 0) is 19.1 Å². The lowest BCUT2D eigenvalue weighted by atomic mass is 10.4. The van der Waals surface area contributed by atoms with E-state index in [4.69, 9.17) is 4.52 Å². The molecule has 0 saturated heterocycles. The summed E-state index contributed by atoms with van der Waals surface area (Å²) in [6.07, 6.45) is 0. The van der Waals surface area contributed by atoms with E-state index in [0.29, 0.717) is 23.1 Å². The van der Waals surface area contributed by atoms with Gasteiger partial charge >= 0.3 is 5.97 Å². The molecule has 106 valence electrons. The molecule has 0 bridgehead atoms. The first-order valence-electron chi connectivity index (χ1n) is 5.84. The Bertz CT molecular complexity index is 644. The van der Waals surface area contributed by atoms with Gasteiger partial charge in [-0.25, -0.2) is 4.79 Å². The first-order valence-corrected chi connectivity index (χ1v) is 5.84. The van der Waals surface area contributed by atoms with E-state index in [1.165, 1.54) is 17.7 Å². The average Bonchev–Trinajstić information content (AvgIpc) is 3.01. The van der Waals surface area contributed by atoms with Gasteiger partial charge in [-0.2, -0.15) is 4.98 Å². The first kappa shape index (κ1) is 13.8. The molecule has 1 N–H and O–H groups in total. The molecule has 0 saturated carbocycles. The van der Waals surface area contributed by atoms with E-state index >= 15 is 0 Å². The van der Waals surface area contributed by atoms with Gasteiger partial charge in [-0.15, -0.1) is 0 Å². The first-order chi connectivity index (χ1) is 9.52. The van der Waals surface area contributed by atoms with Crippen molar-refractivity contribution in [2.75, 3.05) is 7.11 Å². The van der Waals surface area contributed by atoms with Crippen molar-refractivity contribution in [3.8, 4) is 0 Å². The maximum atomic E-state index is 12.0. The number of hydrogen-bond donors (Lipinski definition) is 1. The van der Waals surface area contributed by atoms with Crippen molar-refractivity contribution in [2.24, 2.45) is 7.05 Å². The summed E-state index contributed by atoms with van der Waals surface area (Å²) in [6, 6.07) is 3.07. The van der Waals surface area contributed by atoms with Crippen LogP contribution in [0.4, 0.5) is 0 Å².